The average molecular weight is 407 g/mol. The zero-order chi connectivity index (χ0) is 20.5. The Morgan fingerprint density at radius 1 is 1.20 bits per heavy atom. The quantitative estimate of drug-likeness (QED) is 0.604. The molecule has 3 aromatic rings. The van der Waals surface area contributed by atoms with Gasteiger partial charge in [-0.25, -0.2) is 4.98 Å². The summed E-state index contributed by atoms with van der Waals surface area (Å²) in [4.78, 5) is 17.8. The topological polar surface area (TPSA) is 80.3 Å². The van der Waals surface area contributed by atoms with Crippen molar-refractivity contribution in [3.05, 3.63) is 53.6 Å². The van der Waals surface area contributed by atoms with Crippen molar-refractivity contribution in [2.45, 2.75) is 31.3 Å². The largest absolute Gasteiger partial charge is 0.394 e. The van der Waals surface area contributed by atoms with Gasteiger partial charge in [0, 0.05) is 32.4 Å². The van der Waals surface area contributed by atoms with Crippen LogP contribution in [0.4, 0.5) is 5.69 Å². The molecule has 1 aromatic carbocycles. The number of aryl methyl sites for hydroxylation is 1. The molecule has 3 N–H and O–H groups in total. The molecule has 2 aliphatic rings. The summed E-state index contributed by atoms with van der Waals surface area (Å²) in [6.07, 6.45) is 5.08. The second kappa shape index (κ2) is 8.34. The SMILES string of the molecule is CN1CCN(c2cccc3[nH]c([C@H](CO)NC4CCCc5cccnc54)nc23)CC1. The number of imidazole rings is 1. The summed E-state index contributed by atoms with van der Waals surface area (Å²) < 4.78 is 0. The molecular weight excluding hydrogens is 376 g/mol. The summed E-state index contributed by atoms with van der Waals surface area (Å²) >= 11 is 0. The third-order valence-electron chi connectivity index (χ3n) is 6.46. The van der Waals surface area contributed by atoms with Gasteiger partial charge in [-0.05, 0) is 50.1 Å². The maximum Gasteiger partial charge on any atom is 0.126 e. The molecule has 0 saturated carbocycles. The van der Waals surface area contributed by atoms with E-state index >= 15 is 0 Å². The first-order valence-electron chi connectivity index (χ1n) is 11.0. The highest BCUT2D eigenvalue weighted by atomic mass is 16.3. The number of likely N-dealkylation sites (N-methyl/N-ethyl adjacent to an activating group) is 1. The van der Waals surface area contributed by atoms with E-state index in [1.54, 1.807) is 0 Å². The molecule has 2 aromatic heterocycles. The van der Waals surface area contributed by atoms with Gasteiger partial charge < -0.3 is 19.9 Å². The van der Waals surface area contributed by atoms with Crippen LogP contribution in [0, 0.1) is 0 Å². The molecule has 1 aliphatic heterocycles. The molecule has 2 atom stereocenters. The molecule has 158 valence electrons. The van der Waals surface area contributed by atoms with Crippen LogP contribution in [0.3, 0.4) is 0 Å². The number of aliphatic hydroxyl groups is 1. The van der Waals surface area contributed by atoms with E-state index in [9.17, 15) is 5.11 Å². The third kappa shape index (κ3) is 3.69. The summed E-state index contributed by atoms with van der Waals surface area (Å²) in [5.41, 5.74) is 5.59. The highest BCUT2D eigenvalue weighted by Gasteiger charge is 2.26. The summed E-state index contributed by atoms with van der Waals surface area (Å²) in [6, 6.07) is 10.4. The number of para-hydroxylation sites is 1. The van der Waals surface area contributed by atoms with E-state index in [0.29, 0.717) is 0 Å². The van der Waals surface area contributed by atoms with Crippen molar-refractivity contribution in [2.24, 2.45) is 0 Å². The number of aromatic amines is 1. The Morgan fingerprint density at radius 2 is 2.07 bits per heavy atom. The van der Waals surface area contributed by atoms with Crippen molar-refractivity contribution in [3.8, 4) is 0 Å². The van der Waals surface area contributed by atoms with Gasteiger partial charge in [-0.15, -0.1) is 0 Å². The van der Waals surface area contributed by atoms with E-state index in [0.717, 1.165) is 68.0 Å². The number of nitrogens with zero attached hydrogens (tertiary/aromatic N) is 4. The monoisotopic (exact) mass is 406 g/mol. The smallest absolute Gasteiger partial charge is 0.126 e. The van der Waals surface area contributed by atoms with Crippen molar-refractivity contribution >= 4 is 16.7 Å². The number of anilines is 1. The standard InChI is InChI=1S/C23H30N6O/c1-28-11-13-29(14-12-28)20-9-3-8-18-22(20)27-23(26-18)19(15-30)25-17-7-2-5-16-6-4-10-24-21(16)17/h3-4,6,8-10,17,19,25,30H,2,5,7,11-15H2,1H3,(H,26,27)/t17?,19-/m0/s1. The number of aromatic nitrogens is 3. The van der Waals surface area contributed by atoms with Crippen LogP contribution in [0.15, 0.2) is 36.5 Å². The van der Waals surface area contributed by atoms with Gasteiger partial charge >= 0.3 is 0 Å². The second-order valence-electron chi connectivity index (χ2n) is 8.48. The Balaban J connectivity index is 1.42. The predicted octanol–water partition coefficient (Wildman–Crippen LogP) is 2.41. The van der Waals surface area contributed by atoms with Crippen LogP contribution in [-0.4, -0.2) is 64.8 Å². The van der Waals surface area contributed by atoms with E-state index in [1.165, 1.54) is 11.3 Å². The molecule has 1 saturated heterocycles. The molecule has 7 nitrogen and oxygen atoms in total. The molecule has 30 heavy (non-hydrogen) atoms. The number of fused-ring (bicyclic) bond motifs is 2. The number of hydrogen-bond acceptors (Lipinski definition) is 6. The van der Waals surface area contributed by atoms with Gasteiger partial charge in [-0.1, -0.05) is 12.1 Å². The number of aliphatic hydroxyl groups excluding tert-OH is 1. The Labute approximate surface area is 177 Å². The fourth-order valence-corrected chi connectivity index (χ4v) is 4.74. The highest BCUT2D eigenvalue weighted by molar-refractivity contribution is 5.89. The van der Waals surface area contributed by atoms with Gasteiger partial charge in [0.15, 0.2) is 0 Å². The fraction of sp³-hybridized carbons (Fsp3) is 0.478. The van der Waals surface area contributed by atoms with Crippen LogP contribution < -0.4 is 10.2 Å². The Kier molecular flexibility index (Phi) is 5.41. The molecule has 7 heteroatoms. The zero-order valence-corrected chi connectivity index (χ0v) is 17.5. The average Bonchev–Trinajstić information content (AvgIpc) is 3.22. The Hall–Kier alpha value is -2.48. The first-order valence-corrected chi connectivity index (χ1v) is 11.0. The van der Waals surface area contributed by atoms with Crippen molar-refractivity contribution in [3.63, 3.8) is 0 Å². The molecule has 5 rings (SSSR count). The first kappa shape index (κ1) is 19.5. The van der Waals surface area contributed by atoms with Crippen molar-refractivity contribution in [2.75, 3.05) is 44.7 Å². The normalized spacial score (nSPS) is 21.0. The Morgan fingerprint density at radius 3 is 2.90 bits per heavy atom. The van der Waals surface area contributed by atoms with E-state index in [-0.39, 0.29) is 18.7 Å². The van der Waals surface area contributed by atoms with Crippen LogP contribution in [0.2, 0.25) is 0 Å². The molecule has 0 radical (unpaired) electrons. The number of nitrogens with one attached hydrogen (secondary N) is 2. The number of rotatable bonds is 5. The zero-order valence-electron chi connectivity index (χ0n) is 17.5. The summed E-state index contributed by atoms with van der Waals surface area (Å²) in [6.45, 7) is 4.11. The lowest BCUT2D eigenvalue weighted by Gasteiger charge is -2.34. The van der Waals surface area contributed by atoms with Crippen LogP contribution in [0.25, 0.3) is 11.0 Å². The summed E-state index contributed by atoms with van der Waals surface area (Å²) in [7, 11) is 2.17. The molecule has 0 bridgehead atoms. The summed E-state index contributed by atoms with van der Waals surface area (Å²) in [5, 5.41) is 13.8. The lowest BCUT2D eigenvalue weighted by atomic mass is 9.91. The lowest BCUT2D eigenvalue weighted by molar-refractivity contribution is 0.222. The van der Waals surface area contributed by atoms with Crippen molar-refractivity contribution in [1.29, 1.82) is 0 Å². The molecular formula is C23H30N6O. The molecule has 1 aliphatic carbocycles. The molecule has 3 heterocycles. The third-order valence-corrected chi connectivity index (χ3v) is 6.46. The van der Waals surface area contributed by atoms with Gasteiger partial charge in [-0.3, -0.25) is 10.3 Å². The van der Waals surface area contributed by atoms with Gasteiger partial charge in [0.2, 0.25) is 0 Å². The minimum atomic E-state index is -0.254. The fourth-order valence-electron chi connectivity index (χ4n) is 4.74. The summed E-state index contributed by atoms with van der Waals surface area (Å²) in [5.74, 6) is 0.789. The number of piperazine rings is 1. The molecule has 1 unspecified atom stereocenters. The van der Waals surface area contributed by atoms with Crippen LogP contribution in [0.5, 0.6) is 0 Å². The van der Waals surface area contributed by atoms with Crippen molar-refractivity contribution in [1.82, 2.24) is 25.2 Å². The maximum absolute atomic E-state index is 10.2. The first-order chi connectivity index (χ1) is 14.7. The number of hydrogen-bond donors (Lipinski definition) is 3. The van der Waals surface area contributed by atoms with Gasteiger partial charge in [0.05, 0.1) is 35.6 Å². The predicted molar refractivity (Wildman–Crippen MR) is 119 cm³/mol. The second-order valence-corrected chi connectivity index (χ2v) is 8.48. The van der Waals surface area contributed by atoms with Gasteiger partial charge in [-0.2, -0.15) is 0 Å². The van der Waals surface area contributed by atoms with E-state index < -0.39 is 0 Å². The van der Waals surface area contributed by atoms with Crippen LogP contribution in [0.1, 0.15) is 42.0 Å². The maximum atomic E-state index is 10.2. The van der Waals surface area contributed by atoms with E-state index in [1.807, 2.05) is 12.3 Å². The molecule has 0 amide bonds. The minimum Gasteiger partial charge on any atom is -0.394 e. The minimum absolute atomic E-state index is 0.0116. The lowest BCUT2D eigenvalue weighted by Crippen LogP contribution is -2.44. The van der Waals surface area contributed by atoms with E-state index in [4.69, 9.17) is 4.98 Å². The van der Waals surface area contributed by atoms with Gasteiger partial charge in [0.25, 0.3) is 0 Å². The number of pyridine rings is 1. The molecule has 1 fully saturated rings. The van der Waals surface area contributed by atoms with Crippen LogP contribution in [-0.2, 0) is 6.42 Å². The van der Waals surface area contributed by atoms with Gasteiger partial charge in [0.1, 0.15) is 11.3 Å². The van der Waals surface area contributed by atoms with Crippen LogP contribution >= 0.6 is 0 Å². The van der Waals surface area contributed by atoms with Crippen molar-refractivity contribution < 1.29 is 5.11 Å². The number of benzene rings is 1. The number of H-pyrrole nitrogens is 1. The highest BCUT2D eigenvalue weighted by Crippen LogP contribution is 2.31. The molecule has 0 spiro atoms. The van der Waals surface area contributed by atoms with E-state index in [2.05, 4.69) is 56.4 Å². The Bertz CT molecular complexity index is 1010.